The Bertz CT molecular complexity index is 1200. The number of anilines is 1. The zero-order chi connectivity index (χ0) is 23.3. The van der Waals surface area contributed by atoms with Gasteiger partial charge in [-0.1, -0.05) is 43.1 Å². The van der Waals surface area contributed by atoms with Gasteiger partial charge in [-0.15, -0.1) is 0 Å². The number of nitrogens with one attached hydrogen (secondary N) is 1. The van der Waals surface area contributed by atoms with Crippen molar-refractivity contribution in [3.63, 3.8) is 0 Å². The smallest absolute Gasteiger partial charge is 0.266 e. The lowest BCUT2D eigenvalue weighted by atomic mass is 10.1. The molecule has 3 aromatic rings. The highest BCUT2D eigenvalue weighted by Gasteiger charge is 2.15. The summed E-state index contributed by atoms with van der Waals surface area (Å²) in [5.74, 6) is -0.456. The number of aromatic nitrogens is 1. The number of hydrogen-bond acceptors (Lipinski definition) is 2. The molecule has 0 unspecified atom stereocenters. The molecule has 0 aliphatic heterocycles. The number of aryl methyl sites for hydroxylation is 2. The Morgan fingerprint density at radius 1 is 1.16 bits per heavy atom. The lowest BCUT2D eigenvalue weighted by Crippen LogP contribution is -2.14. The number of unbranched alkanes of at least 4 members (excludes halogenated alkanes) is 1. The van der Waals surface area contributed by atoms with Crippen molar-refractivity contribution in [1.29, 1.82) is 5.26 Å². The maximum absolute atomic E-state index is 12.8. The molecule has 0 saturated carbocycles. The molecular formula is C27H28ClN3O. The van der Waals surface area contributed by atoms with Crippen molar-refractivity contribution in [3.8, 4) is 11.8 Å². The topological polar surface area (TPSA) is 57.8 Å². The quantitative estimate of drug-likeness (QED) is 0.316. The monoisotopic (exact) mass is 445 g/mol. The summed E-state index contributed by atoms with van der Waals surface area (Å²) >= 11 is 6.14. The van der Waals surface area contributed by atoms with Gasteiger partial charge in [-0.2, -0.15) is 5.26 Å². The molecule has 2 aromatic carbocycles. The molecule has 1 N–H and O–H groups in total. The average Bonchev–Trinajstić information content (AvgIpc) is 3.06. The van der Waals surface area contributed by atoms with Crippen LogP contribution in [0.15, 0.2) is 54.1 Å². The van der Waals surface area contributed by atoms with Crippen molar-refractivity contribution < 1.29 is 4.79 Å². The van der Waals surface area contributed by atoms with Gasteiger partial charge in [0.2, 0.25) is 0 Å². The number of carbonyl (C=O) groups excluding carboxylic acids is 1. The largest absolute Gasteiger partial charge is 0.321 e. The van der Waals surface area contributed by atoms with Crippen molar-refractivity contribution in [2.45, 2.75) is 47.0 Å². The highest BCUT2D eigenvalue weighted by atomic mass is 35.5. The molecule has 0 atom stereocenters. The molecule has 4 nitrogen and oxygen atoms in total. The molecule has 1 amide bonds. The Morgan fingerprint density at radius 2 is 1.88 bits per heavy atom. The van der Waals surface area contributed by atoms with Gasteiger partial charge in [0.25, 0.3) is 5.91 Å². The first-order valence-corrected chi connectivity index (χ1v) is 11.2. The fraction of sp³-hybridized carbons (Fsp3) is 0.259. The van der Waals surface area contributed by atoms with Gasteiger partial charge in [-0.3, -0.25) is 4.79 Å². The fourth-order valence-corrected chi connectivity index (χ4v) is 3.93. The number of carbonyl (C=O) groups is 1. The van der Waals surface area contributed by atoms with E-state index in [2.05, 4.69) is 41.1 Å². The van der Waals surface area contributed by atoms with E-state index in [0.29, 0.717) is 10.7 Å². The molecule has 0 fully saturated rings. The van der Waals surface area contributed by atoms with Gasteiger partial charge < -0.3 is 9.88 Å². The first-order chi connectivity index (χ1) is 15.3. The van der Waals surface area contributed by atoms with E-state index in [0.717, 1.165) is 34.6 Å². The Balaban J connectivity index is 1.88. The summed E-state index contributed by atoms with van der Waals surface area (Å²) in [4.78, 5) is 12.8. The second kappa shape index (κ2) is 10.3. The van der Waals surface area contributed by atoms with Crippen LogP contribution in [0.1, 0.15) is 47.8 Å². The van der Waals surface area contributed by atoms with Gasteiger partial charge >= 0.3 is 0 Å². The average molecular weight is 446 g/mol. The van der Waals surface area contributed by atoms with Crippen LogP contribution in [0.3, 0.4) is 0 Å². The van der Waals surface area contributed by atoms with E-state index in [4.69, 9.17) is 11.6 Å². The van der Waals surface area contributed by atoms with E-state index >= 15 is 0 Å². The number of nitrogens with zero attached hydrogens (tertiary/aromatic N) is 2. The molecule has 5 heteroatoms. The van der Waals surface area contributed by atoms with E-state index in [1.54, 1.807) is 24.3 Å². The van der Waals surface area contributed by atoms with Gasteiger partial charge in [0.1, 0.15) is 11.6 Å². The van der Waals surface area contributed by atoms with E-state index < -0.39 is 5.91 Å². The van der Waals surface area contributed by atoms with E-state index in [-0.39, 0.29) is 5.57 Å². The molecule has 0 spiro atoms. The van der Waals surface area contributed by atoms with Crippen LogP contribution < -0.4 is 5.32 Å². The molecule has 3 rings (SSSR count). The normalized spacial score (nSPS) is 11.3. The third kappa shape index (κ3) is 5.12. The Hall–Kier alpha value is -3.29. The molecule has 0 bridgehead atoms. The lowest BCUT2D eigenvalue weighted by Gasteiger charge is -2.11. The second-order valence-electron chi connectivity index (χ2n) is 7.97. The first-order valence-electron chi connectivity index (χ1n) is 10.8. The zero-order valence-electron chi connectivity index (χ0n) is 19.0. The van der Waals surface area contributed by atoms with Gasteiger partial charge in [-0.25, -0.2) is 0 Å². The van der Waals surface area contributed by atoms with Gasteiger partial charge in [-0.05, 0) is 86.7 Å². The molecule has 1 heterocycles. The van der Waals surface area contributed by atoms with Crippen LogP contribution in [-0.2, 0) is 11.2 Å². The van der Waals surface area contributed by atoms with E-state index in [9.17, 15) is 10.1 Å². The molecule has 0 saturated heterocycles. The summed E-state index contributed by atoms with van der Waals surface area (Å²) in [6.07, 6.45) is 5.09. The second-order valence-corrected chi connectivity index (χ2v) is 8.38. The predicted molar refractivity (Wildman–Crippen MR) is 132 cm³/mol. The third-order valence-corrected chi connectivity index (χ3v) is 6.07. The van der Waals surface area contributed by atoms with Crippen LogP contribution in [-0.4, -0.2) is 10.5 Å². The Kier molecular flexibility index (Phi) is 7.56. The summed E-state index contributed by atoms with van der Waals surface area (Å²) in [5, 5.41) is 13.0. The van der Waals surface area contributed by atoms with Crippen molar-refractivity contribution in [3.05, 3.63) is 87.2 Å². The van der Waals surface area contributed by atoms with Crippen molar-refractivity contribution in [2.24, 2.45) is 0 Å². The van der Waals surface area contributed by atoms with Gasteiger partial charge in [0, 0.05) is 27.8 Å². The van der Waals surface area contributed by atoms with E-state index in [1.165, 1.54) is 18.4 Å². The number of rotatable bonds is 7. The minimum Gasteiger partial charge on any atom is -0.321 e. The predicted octanol–water partition coefficient (Wildman–Crippen LogP) is 6.94. The maximum Gasteiger partial charge on any atom is 0.266 e. The van der Waals surface area contributed by atoms with Crippen LogP contribution in [0.5, 0.6) is 0 Å². The highest BCUT2D eigenvalue weighted by molar-refractivity contribution is 6.31. The van der Waals surface area contributed by atoms with Crippen molar-refractivity contribution >= 4 is 29.3 Å². The van der Waals surface area contributed by atoms with Crippen LogP contribution >= 0.6 is 11.6 Å². The minimum absolute atomic E-state index is 0.0412. The van der Waals surface area contributed by atoms with Crippen LogP contribution in [0.25, 0.3) is 11.8 Å². The standard InChI is InChI=1S/C27H28ClN3O/c1-5-6-8-21-11-13-24(14-12-21)31-18(2)15-22(20(31)4)16-23(17-29)27(32)30-26-10-7-9-25(28)19(26)3/h7,9-16H,5-6,8H2,1-4H3,(H,30,32)/b23-16-. The van der Waals surface area contributed by atoms with Crippen LogP contribution in [0.2, 0.25) is 5.02 Å². The minimum atomic E-state index is -0.456. The zero-order valence-corrected chi connectivity index (χ0v) is 19.8. The number of benzene rings is 2. The summed E-state index contributed by atoms with van der Waals surface area (Å²) < 4.78 is 2.14. The van der Waals surface area contributed by atoms with E-state index in [1.807, 2.05) is 32.9 Å². The van der Waals surface area contributed by atoms with Crippen LogP contribution in [0.4, 0.5) is 5.69 Å². The SMILES string of the molecule is CCCCc1ccc(-n2c(C)cc(/C=C(/C#N)C(=O)Nc3cccc(Cl)c3C)c2C)cc1. The lowest BCUT2D eigenvalue weighted by molar-refractivity contribution is -0.112. The number of halogens is 1. The summed E-state index contributed by atoms with van der Waals surface area (Å²) in [6, 6.07) is 17.9. The van der Waals surface area contributed by atoms with Crippen LogP contribution in [0, 0.1) is 32.1 Å². The Morgan fingerprint density at radius 3 is 2.53 bits per heavy atom. The number of amides is 1. The maximum atomic E-state index is 12.8. The summed E-state index contributed by atoms with van der Waals surface area (Å²) in [6.45, 7) is 8.05. The Labute approximate surface area is 195 Å². The number of nitriles is 1. The molecule has 0 aliphatic carbocycles. The summed E-state index contributed by atoms with van der Waals surface area (Å²) in [7, 11) is 0. The van der Waals surface area contributed by atoms with Crippen molar-refractivity contribution in [1.82, 2.24) is 4.57 Å². The molecule has 0 aliphatic rings. The summed E-state index contributed by atoms with van der Waals surface area (Å²) in [5.41, 5.74) is 6.65. The molecule has 164 valence electrons. The van der Waals surface area contributed by atoms with Gasteiger partial charge in [0.15, 0.2) is 0 Å². The third-order valence-electron chi connectivity index (χ3n) is 5.66. The fourth-order valence-electron chi connectivity index (χ4n) is 3.76. The van der Waals surface area contributed by atoms with Gasteiger partial charge in [0.05, 0.1) is 0 Å². The molecule has 32 heavy (non-hydrogen) atoms. The van der Waals surface area contributed by atoms with Crippen molar-refractivity contribution in [2.75, 3.05) is 5.32 Å². The highest BCUT2D eigenvalue weighted by Crippen LogP contribution is 2.25. The first kappa shape index (κ1) is 23.4. The molecule has 1 aromatic heterocycles. The molecular weight excluding hydrogens is 418 g/mol. The molecule has 0 radical (unpaired) electrons. The number of hydrogen-bond donors (Lipinski definition) is 1.